The molecule has 17 heavy (non-hydrogen) atoms. The second-order valence-corrected chi connectivity index (χ2v) is 3.71. The predicted octanol–water partition coefficient (Wildman–Crippen LogP) is 2.51. The van der Waals surface area contributed by atoms with Gasteiger partial charge in [-0.2, -0.15) is 5.10 Å². The molecule has 0 fully saturated rings. The van der Waals surface area contributed by atoms with Crippen molar-refractivity contribution >= 4 is 5.97 Å². The van der Waals surface area contributed by atoms with Gasteiger partial charge in [0.15, 0.2) is 0 Å². The fourth-order valence-electron chi connectivity index (χ4n) is 1.65. The van der Waals surface area contributed by atoms with Gasteiger partial charge in [-0.15, -0.1) is 0 Å². The van der Waals surface area contributed by atoms with E-state index in [-0.39, 0.29) is 11.9 Å². The lowest BCUT2D eigenvalue weighted by atomic mass is 10.0. The van der Waals surface area contributed by atoms with E-state index in [0.717, 1.165) is 5.69 Å². The van der Waals surface area contributed by atoms with Gasteiger partial charge >= 0.3 is 5.97 Å². The lowest BCUT2D eigenvalue weighted by Gasteiger charge is -2.11. The highest BCUT2D eigenvalue weighted by Crippen LogP contribution is 2.20. The van der Waals surface area contributed by atoms with E-state index in [1.807, 2.05) is 25.1 Å². The van der Waals surface area contributed by atoms with Crippen molar-refractivity contribution in [1.82, 2.24) is 10.2 Å². The number of aromatic nitrogens is 2. The van der Waals surface area contributed by atoms with Crippen LogP contribution in [0.3, 0.4) is 0 Å². The number of nitrogens with zero attached hydrogens (tertiary/aromatic N) is 1. The first kappa shape index (κ1) is 11.4. The van der Waals surface area contributed by atoms with Crippen molar-refractivity contribution < 1.29 is 9.53 Å². The minimum atomic E-state index is -0.294. The summed E-state index contributed by atoms with van der Waals surface area (Å²) in [6, 6.07) is 10.9. The molecular formula is C13H14N2O2. The van der Waals surface area contributed by atoms with Crippen molar-refractivity contribution in [1.29, 1.82) is 0 Å². The molecule has 88 valence electrons. The van der Waals surface area contributed by atoms with Crippen molar-refractivity contribution in [3.8, 4) is 5.75 Å². The van der Waals surface area contributed by atoms with E-state index < -0.39 is 0 Å². The lowest BCUT2D eigenvalue weighted by Crippen LogP contribution is -2.18. The van der Waals surface area contributed by atoms with Crippen LogP contribution in [0.15, 0.2) is 42.6 Å². The van der Waals surface area contributed by atoms with Gasteiger partial charge < -0.3 is 4.74 Å². The van der Waals surface area contributed by atoms with E-state index in [1.54, 1.807) is 24.4 Å². The van der Waals surface area contributed by atoms with Crippen LogP contribution in [0.25, 0.3) is 0 Å². The average molecular weight is 230 g/mol. The molecule has 1 N–H and O–H groups in total. The minimum absolute atomic E-state index is 0.261. The molecule has 2 rings (SSSR count). The van der Waals surface area contributed by atoms with E-state index in [2.05, 4.69) is 10.2 Å². The summed E-state index contributed by atoms with van der Waals surface area (Å²) in [7, 11) is 0. The molecule has 0 radical (unpaired) electrons. The van der Waals surface area contributed by atoms with Crippen molar-refractivity contribution in [3.63, 3.8) is 0 Å². The number of rotatable bonds is 4. The zero-order chi connectivity index (χ0) is 12.1. The van der Waals surface area contributed by atoms with Crippen LogP contribution >= 0.6 is 0 Å². The molecule has 0 aliphatic rings. The quantitative estimate of drug-likeness (QED) is 0.648. The van der Waals surface area contributed by atoms with Gasteiger partial charge in [0.1, 0.15) is 5.75 Å². The predicted molar refractivity (Wildman–Crippen MR) is 63.7 cm³/mol. The van der Waals surface area contributed by atoms with Gasteiger partial charge in [-0.3, -0.25) is 9.89 Å². The molecule has 1 aromatic heterocycles. The molecule has 4 heteroatoms. The van der Waals surface area contributed by atoms with Gasteiger partial charge in [0.2, 0.25) is 0 Å². The maximum Gasteiger partial charge on any atom is 0.320 e. The fourth-order valence-corrected chi connectivity index (χ4v) is 1.65. The minimum Gasteiger partial charge on any atom is -0.426 e. The smallest absolute Gasteiger partial charge is 0.320 e. The number of esters is 1. The highest BCUT2D eigenvalue weighted by Gasteiger charge is 2.21. The third-order valence-corrected chi connectivity index (χ3v) is 2.55. The Morgan fingerprint density at radius 1 is 1.35 bits per heavy atom. The normalized spacial score (nSPS) is 12.1. The summed E-state index contributed by atoms with van der Waals surface area (Å²) < 4.78 is 5.30. The topological polar surface area (TPSA) is 55.0 Å². The second-order valence-electron chi connectivity index (χ2n) is 3.71. The third-order valence-electron chi connectivity index (χ3n) is 2.55. The molecule has 0 amide bonds. The van der Waals surface area contributed by atoms with Crippen LogP contribution in [-0.2, 0) is 4.79 Å². The molecule has 1 atom stereocenters. The zero-order valence-electron chi connectivity index (χ0n) is 9.59. The number of para-hydroxylation sites is 1. The van der Waals surface area contributed by atoms with Gasteiger partial charge in [-0.05, 0) is 24.6 Å². The van der Waals surface area contributed by atoms with E-state index in [1.165, 1.54) is 0 Å². The first-order valence-electron chi connectivity index (χ1n) is 5.57. The van der Waals surface area contributed by atoms with Gasteiger partial charge in [-0.25, -0.2) is 0 Å². The van der Waals surface area contributed by atoms with Crippen LogP contribution in [0.1, 0.15) is 25.0 Å². The monoisotopic (exact) mass is 230 g/mol. The lowest BCUT2D eigenvalue weighted by molar-refractivity contribution is -0.136. The number of carbonyl (C=O) groups excluding carboxylic acids is 1. The molecule has 2 aromatic rings. The van der Waals surface area contributed by atoms with Gasteiger partial charge in [0, 0.05) is 11.9 Å². The Kier molecular flexibility index (Phi) is 3.55. The summed E-state index contributed by atoms with van der Waals surface area (Å²) in [5.74, 6) is 0.0103. The third kappa shape index (κ3) is 2.72. The highest BCUT2D eigenvalue weighted by molar-refractivity contribution is 5.79. The van der Waals surface area contributed by atoms with Crippen molar-refractivity contribution in [2.75, 3.05) is 0 Å². The van der Waals surface area contributed by atoms with Crippen molar-refractivity contribution in [2.24, 2.45) is 0 Å². The number of benzene rings is 1. The van der Waals surface area contributed by atoms with E-state index in [9.17, 15) is 4.79 Å². The van der Waals surface area contributed by atoms with Crippen LogP contribution in [0.4, 0.5) is 0 Å². The maximum absolute atomic E-state index is 12.0. The van der Waals surface area contributed by atoms with Gasteiger partial charge in [0.05, 0.1) is 5.92 Å². The molecule has 0 bridgehead atoms. The molecule has 0 saturated heterocycles. The van der Waals surface area contributed by atoms with Gasteiger partial charge in [0.25, 0.3) is 0 Å². The summed E-state index contributed by atoms with van der Waals surface area (Å²) in [6.45, 7) is 1.94. The number of carbonyl (C=O) groups is 1. The Morgan fingerprint density at radius 3 is 2.71 bits per heavy atom. The van der Waals surface area contributed by atoms with E-state index in [4.69, 9.17) is 4.74 Å². The van der Waals surface area contributed by atoms with Crippen LogP contribution < -0.4 is 4.74 Å². The Hall–Kier alpha value is -2.10. The summed E-state index contributed by atoms with van der Waals surface area (Å²) >= 11 is 0. The number of hydrogen-bond donors (Lipinski definition) is 1. The van der Waals surface area contributed by atoms with E-state index in [0.29, 0.717) is 12.2 Å². The summed E-state index contributed by atoms with van der Waals surface area (Å²) in [6.07, 6.45) is 2.31. The van der Waals surface area contributed by atoms with Crippen molar-refractivity contribution in [3.05, 3.63) is 48.3 Å². The van der Waals surface area contributed by atoms with Crippen molar-refractivity contribution in [2.45, 2.75) is 19.3 Å². The Bertz CT molecular complexity index is 465. The Labute approximate surface area is 99.6 Å². The van der Waals surface area contributed by atoms with Gasteiger partial charge in [-0.1, -0.05) is 25.1 Å². The van der Waals surface area contributed by atoms with Crippen LogP contribution in [0, 0.1) is 0 Å². The highest BCUT2D eigenvalue weighted by atomic mass is 16.5. The molecule has 0 aliphatic carbocycles. The fraction of sp³-hybridized carbons (Fsp3) is 0.231. The molecule has 1 aromatic carbocycles. The second kappa shape index (κ2) is 5.30. The number of hydrogen-bond acceptors (Lipinski definition) is 3. The molecule has 0 aliphatic heterocycles. The first-order valence-corrected chi connectivity index (χ1v) is 5.57. The molecule has 0 spiro atoms. The summed E-state index contributed by atoms with van der Waals surface area (Å²) in [5, 5.41) is 6.65. The first-order chi connectivity index (χ1) is 8.31. The summed E-state index contributed by atoms with van der Waals surface area (Å²) in [4.78, 5) is 12.0. The van der Waals surface area contributed by atoms with Crippen LogP contribution in [0.2, 0.25) is 0 Å². The molecular weight excluding hydrogens is 216 g/mol. The molecule has 0 saturated carbocycles. The number of aromatic amines is 1. The number of nitrogens with one attached hydrogen (secondary N) is 1. The number of ether oxygens (including phenoxy) is 1. The largest absolute Gasteiger partial charge is 0.426 e. The standard InChI is InChI=1S/C13H14N2O2/c1-2-11(12-8-9-14-15-12)13(16)17-10-6-4-3-5-7-10/h3-9,11H,2H2,1H3,(H,14,15). The molecule has 1 unspecified atom stereocenters. The van der Waals surface area contributed by atoms with Crippen LogP contribution in [0.5, 0.6) is 5.75 Å². The number of H-pyrrole nitrogens is 1. The average Bonchev–Trinajstić information content (AvgIpc) is 2.85. The van der Waals surface area contributed by atoms with Crippen LogP contribution in [-0.4, -0.2) is 16.2 Å². The zero-order valence-corrected chi connectivity index (χ0v) is 9.59. The SMILES string of the molecule is CCC(C(=O)Oc1ccccc1)c1ccn[nH]1. The Balaban J connectivity index is 2.09. The molecule has 4 nitrogen and oxygen atoms in total. The summed E-state index contributed by atoms with van der Waals surface area (Å²) in [5.41, 5.74) is 0.786. The maximum atomic E-state index is 12.0. The van der Waals surface area contributed by atoms with E-state index >= 15 is 0 Å². The Morgan fingerprint density at radius 2 is 2.12 bits per heavy atom. The molecule has 1 heterocycles.